The predicted octanol–water partition coefficient (Wildman–Crippen LogP) is 0.665. The van der Waals surface area contributed by atoms with Gasteiger partial charge in [0.1, 0.15) is 0 Å². The van der Waals surface area contributed by atoms with Crippen LogP contribution in [0.2, 0.25) is 0 Å². The van der Waals surface area contributed by atoms with Crippen molar-refractivity contribution in [3.63, 3.8) is 0 Å². The fraction of sp³-hybridized carbons (Fsp3) is 0.417. The summed E-state index contributed by atoms with van der Waals surface area (Å²) >= 11 is 0. The van der Waals surface area contributed by atoms with Crippen LogP contribution in [-0.2, 0) is 6.54 Å². The third kappa shape index (κ3) is 2.39. The number of pyridine rings is 1. The van der Waals surface area contributed by atoms with Crippen LogP contribution in [0.25, 0.3) is 11.4 Å². The molecule has 0 aromatic carbocycles. The van der Waals surface area contributed by atoms with Gasteiger partial charge in [0.25, 0.3) is 0 Å². The summed E-state index contributed by atoms with van der Waals surface area (Å²) in [6.07, 6.45) is 4.46. The van der Waals surface area contributed by atoms with Crippen LogP contribution in [0, 0.1) is 0 Å². The topological polar surface area (TPSA) is 81.1 Å². The second-order valence-corrected chi connectivity index (χ2v) is 4.53. The summed E-state index contributed by atoms with van der Waals surface area (Å²) in [6.45, 7) is 2.56. The van der Waals surface area contributed by atoms with Gasteiger partial charge in [-0.3, -0.25) is 9.88 Å². The van der Waals surface area contributed by atoms with Gasteiger partial charge in [-0.25, -0.2) is 0 Å². The summed E-state index contributed by atoms with van der Waals surface area (Å²) in [7, 11) is 0. The van der Waals surface area contributed by atoms with E-state index in [1.54, 1.807) is 12.4 Å². The van der Waals surface area contributed by atoms with Gasteiger partial charge in [0, 0.05) is 37.1 Å². The van der Waals surface area contributed by atoms with E-state index in [4.69, 9.17) is 10.3 Å². The molecule has 1 fully saturated rings. The van der Waals surface area contributed by atoms with Gasteiger partial charge < -0.3 is 10.3 Å². The molecule has 6 nitrogen and oxygen atoms in total. The normalized spacial score (nSPS) is 20.4. The molecule has 1 aliphatic rings. The molecule has 0 amide bonds. The first kappa shape index (κ1) is 11.3. The molecule has 18 heavy (non-hydrogen) atoms. The third-order valence-electron chi connectivity index (χ3n) is 3.07. The van der Waals surface area contributed by atoms with E-state index in [2.05, 4.69) is 20.0 Å². The molecular formula is C12H15N5O. The van der Waals surface area contributed by atoms with E-state index in [9.17, 15) is 0 Å². The Morgan fingerprint density at radius 3 is 2.94 bits per heavy atom. The Morgan fingerprint density at radius 1 is 1.39 bits per heavy atom. The quantitative estimate of drug-likeness (QED) is 0.855. The lowest BCUT2D eigenvalue weighted by atomic mass is 10.2. The number of aromatic nitrogens is 3. The number of nitrogens with zero attached hydrogens (tertiary/aromatic N) is 4. The van der Waals surface area contributed by atoms with Crippen molar-refractivity contribution in [2.75, 3.05) is 13.1 Å². The van der Waals surface area contributed by atoms with Gasteiger partial charge in [-0.2, -0.15) is 4.98 Å². The number of hydrogen-bond acceptors (Lipinski definition) is 6. The summed E-state index contributed by atoms with van der Waals surface area (Å²) in [5.41, 5.74) is 6.77. The number of nitrogens with two attached hydrogens (primary N) is 1. The van der Waals surface area contributed by atoms with Gasteiger partial charge in [0.15, 0.2) is 0 Å². The van der Waals surface area contributed by atoms with Crippen LogP contribution >= 0.6 is 0 Å². The van der Waals surface area contributed by atoms with E-state index in [0.717, 1.165) is 25.1 Å². The molecule has 2 aromatic heterocycles. The average molecular weight is 245 g/mol. The van der Waals surface area contributed by atoms with Crippen molar-refractivity contribution in [2.45, 2.75) is 19.0 Å². The molecule has 1 unspecified atom stereocenters. The van der Waals surface area contributed by atoms with E-state index in [1.807, 2.05) is 12.1 Å². The van der Waals surface area contributed by atoms with Gasteiger partial charge in [0.2, 0.25) is 11.7 Å². The van der Waals surface area contributed by atoms with E-state index in [-0.39, 0.29) is 6.04 Å². The van der Waals surface area contributed by atoms with Gasteiger partial charge in [-0.05, 0) is 18.6 Å². The minimum Gasteiger partial charge on any atom is -0.338 e. The van der Waals surface area contributed by atoms with Crippen molar-refractivity contribution in [1.29, 1.82) is 0 Å². The first-order valence-corrected chi connectivity index (χ1v) is 6.02. The monoisotopic (exact) mass is 245 g/mol. The summed E-state index contributed by atoms with van der Waals surface area (Å²) in [6, 6.07) is 3.99. The van der Waals surface area contributed by atoms with Crippen molar-refractivity contribution in [3.05, 3.63) is 30.4 Å². The van der Waals surface area contributed by atoms with Crippen molar-refractivity contribution in [3.8, 4) is 11.4 Å². The summed E-state index contributed by atoms with van der Waals surface area (Å²) in [5.74, 6) is 1.24. The lowest BCUT2D eigenvalue weighted by molar-refractivity contribution is 0.265. The SMILES string of the molecule is NC1CCN(Cc2nc(-c3ccncc3)no2)C1. The Bertz CT molecular complexity index is 512. The van der Waals surface area contributed by atoms with Gasteiger partial charge in [0.05, 0.1) is 6.54 Å². The van der Waals surface area contributed by atoms with Gasteiger partial charge in [-0.15, -0.1) is 0 Å². The molecule has 2 N–H and O–H groups in total. The molecule has 3 rings (SSSR count). The lowest BCUT2D eigenvalue weighted by Crippen LogP contribution is -2.26. The highest BCUT2D eigenvalue weighted by atomic mass is 16.5. The molecule has 1 atom stereocenters. The predicted molar refractivity (Wildman–Crippen MR) is 65.4 cm³/mol. The summed E-state index contributed by atoms with van der Waals surface area (Å²) < 4.78 is 5.25. The molecule has 1 aliphatic heterocycles. The van der Waals surface area contributed by atoms with E-state index in [0.29, 0.717) is 18.3 Å². The van der Waals surface area contributed by atoms with Crippen molar-refractivity contribution in [2.24, 2.45) is 5.73 Å². The Hall–Kier alpha value is -1.79. The molecule has 0 radical (unpaired) electrons. The molecule has 0 saturated carbocycles. The van der Waals surface area contributed by atoms with Crippen molar-refractivity contribution >= 4 is 0 Å². The molecule has 0 bridgehead atoms. The van der Waals surface area contributed by atoms with E-state index >= 15 is 0 Å². The van der Waals surface area contributed by atoms with E-state index < -0.39 is 0 Å². The zero-order chi connectivity index (χ0) is 12.4. The van der Waals surface area contributed by atoms with E-state index in [1.165, 1.54) is 0 Å². The fourth-order valence-corrected chi connectivity index (χ4v) is 2.13. The van der Waals surface area contributed by atoms with Crippen LogP contribution in [0.5, 0.6) is 0 Å². The van der Waals surface area contributed by atoms with Crippen LogP contribution in [-0.4, -0.2) is 39.2 Å². The third-order valence-corrected chi connectivity index (χ3v) is 3.07. The molecule has 0 aliphatic carbocycles. The zero-order valence-electron chi connectivity index (χ0n) is 9.99. The molecule has 1 saturated heterocycles. The lowest BCUT2D eigenvalue weighted by Gasteiger charge is -2.10. The first-order chi connectivity index (χ1) is 8.81. The Labute approximate surface area is 105 Å². The molecule has 2 aromatic rings. The largest absolute Gasteiger partial charge is 0.338 e. The zero-order valence-corrected chi connectivity index (χ0v) is 9.99. The van der Waals surface area contributed by atoms with Crippen LogP contribution in [0.1, 0.15) is 12.3 Å². The van der Waals surface area contributed by atoms with Crippen LogP contribution < -0.4 is 5.73 Å². The number of likely N-dealkylation sites (tertiary alicyclic amines) is 1. The van der Waals surface area contributed by atoms with Gasteiger partial charge in [-0.1, -0.05) is 5.16 Å². The maximum Gasteiger partial charge on any atom is 0.241 e. The molecule has 94 valence electrons. The smallest absolute Gasteiger partial charge is 0.241 e. The Balaban J connectivity index is 1.70. The summed E-state index contributed by atoms with van der Waals surface area (Å²) in [4.78, 5) is 10.6. The van der Waals surface area contributed by atoms with Crippen LogP contribution in [0.4, 0.5) is 0 Å². The minimum atomic E-state index is 0.271. The maximum absolute atomic E-state index is 5.86. The highest BCUT2D eigenvalue weighted by Gasteiger charge is 2.21. The molecule has 3 heterocycles. The second-order valence-electron chi connectivity index (χ2n) is 4.53. The van der Waals surface area contributed by atoms with Crippen molar-refractivity contribution < 1.29 is 4.52 Å². The van der Waals surface area contributed by atoms with Crippen LogP contribution in [0.15, 0.2) is 29.0 Å². The summed E-state index contributed by atoms with van der Waals surface area (Å²) in [5, 5.41) is 3.98. The minimum absolute atomic E-state index is 0.271. The second kappa shape index (κ2) is 4.83. The number of hydrogen-bond donors (Lipinski definition) is 1. The highest BCUT2D eigenvalue weighted by Crippen LogP contribution is 2.16. The standard InChI is InChI=1S/C12H15N5O/c13-10-3-6-17(7-10)8-11-15-12(16-18-11)9-1-4-14-5-2-9/h1-2,4-5,10H,3,6-8,13H2. The Morgan fingerprint density at radius 2 is 2.22 bits per heavy atom. The van der Waals surface area contributed by atoms with Crippen LogP contribution in [0.3, 0.4) is 0 Å². The Kier molecular flexibility index (Phi) is 3.04. The molecule has 0 spiro atoms. The van der Waals surface area contributed by atoms with Crippen molar-refractivity contribution in [1.82, 2.24) is 20.0 Å². The molecule has 6 heteroatoms. The molecular weight excluding hydrogens is 230 g/mol. The highest BCUT2D eigenvalue weighted by molar-refractivity contribution is 5.52. The number of rotatable bonds is 3. The van der Waals surface area contributed by atoms with Gasteiger partial charge >= 0.3 is 0 Å². The first-order valence-electron chi connectivity index (χ1n) is 6.02. The fourth-order valence-electron chi connectivity index (χ4n) is 2.13. The maximum atomic E-state index is 5.86. The average Bonchev–Trinajstić information content (AvgIpc) is 3.01.